The molecular weight excluding hydrogens is 358 g/mol. The summed E-state index contributed by atoms with van der Waals surface area (Å²) in [7, 11) is 0. The number of esters is 1. The minimum absolute atomic E-state index is 0.324. The molecule has 0 radical (unpaired) electrons. The maximum absolute atomic E-state index is 12.3. The predicted octanol–water partition coefficient (Wildman–Crippen LogP) is 3.80. The van der Waals surface area contributed by atoms with Gasteiger partial charge in [-0.1, -0.05) is 17.7 Å². The number of amides is 1. The fourth-order valence-electron chi connectivity index (χ4n) is 2.98. The Labute approximate surface area is 163 Å². The van der Waals surface area contributed by atoms with E-state index in [0.717, 1.165) is 16.9 Å². The Hall–Kier alpha value is -3.35. The van der Waals surface area contributed by atoms with Crippen molar-refractivity contribution in [3.8, 4) is 5.69 Å². The van der Waals surface area contributed by atoms with E-state index in [1.807, 2.05) is 45.0 Å². The number of benzene rings is 1. The maximum Gasteiger partial charge on any atom is 0.342 e. The molecule has 7 nitrogen and oxygen atoms in total. The Morgan fingerprint density at radius 3 is 2.39 bits per heavy atom. The van der Waals surface area contributed by atoms with Crippen LogP contribution in [0.25, 0.3) is 5.69 Å². The lowest BCUT2D eigenvalue weighted by atomic mass is 10.2. The molecule has 1 N–H and O–H groups in total. The molecule has 3 aromatic rings. The number of nitrogens with one attached hydrogen (secondary N) is 1. The van der Waals surface area contributed by atoms with Crippen LogP contribution in [0.3, 0.4) is 0 Å². The fourth-order valence-corrected chi connectivity index (χ4v) is 2.98. The Morgan fingerprint density at radius 1 is 1.11 bits per heavy atom. The molecule has 2 heterocycles. The summed E-state index contributed by atoms with van der Waals surface area (Å²) < 4.78 is 12.2. The molecule has 0 saturated heterocycles. The van der Waals surface area contributed by atoms with Crippen LogP contribution in [0.15, 0.2) is 34.7 Å². The molecule has 0 fully saturated rings. The number of carbonyl (C=O) groups is 2. The van der Waals surface area contributed by atoms with Crippen LogP contribution in [0, 0.1) is 34.6 Å². The number of aryl methyl sites for hydroxylation is 4. The lowest BCUT2D eigenvalue weighted by molar-refractivity contribution is -0.119. The Kier molecular flexibility index (Phi) is 5.35. The molecule has 7 heteroatoms. The van der Waals surface area contributed by atoms with Crippen molar-refractivity contribution < 1.29 is 18.7 Å². The van der Waals surface area contributed by atoms with Crippen LogP contribution in [0.4, 0.5) is 5.69 Å². The fraction of sp³-hybridized carbons (Fsp3) is 0.286. The Bertz CT molecular complexity index is 1030. The third-order valence-electron chi connectivity index (χ3n) is 4.43. The number of hydrogen-bond acceptors (Lipinski definition) is 5. The first kappa shape index (κ1) is 19.4. The number of furan rings is 1. The van der Waals surface area contributed by atoms with Gasteiger partial charge in [0.05, 0.1) is 22.8 Å². The van der Waals surface area contributed by atoms with Gasteiger partial charge in [-0.3, -0.25) is 4.79 Å². The number of nitrogens with zero attached hydrogens (tertiary/aromatic N) is 2. The van der Waals surface area contributed by atoms with Gasteiger partial charge in [-0.05, 0) is 52.8 Å². The van der Waals surface area contributed by atoms with E-state index in [4.69, 9.17) is 9.15 Å². The van der Waals surface area contributed by atoms with E-state index in [1.54, 1.807) is 24.6 Å². The molecule has 1 aromatic carbocycles. The first-order valence-corrected chi connectivity index (χ1v) is 8.93. The van der Waals surface area contributed by atoms with Crippen molar-refractivity contribution in [2.75, 3.05) is 11.9 Å². The van der Waals surface area contributed by atoms with Crippen molar-refractivity contribution in [2.24, 2.45) is 0 Å². The standard InChI is InChI=1S/C21H23N3O4/c1-12-6-8-17(9-7-12)24-15(4)20(14(3)23-24)22-19(25)11-27-21(26)18-10-13(2)28-16(18)5/h6-10H,11H2,1-5H3,(H,22,25). The van der Waals surface area contributed by atoms with Crippen LogP contribution < -0.4 is 5.32 Å². The SMILES string of the molecule is Cc1ccc(-n2nc(C)c(NC(=O)COC(=O)c3cc(C)oc3C)c2C)cc1. The van der Waals surface area contributed by atoms with E-state index in [2.05, 4.69) is 10.4 Å². The molecule has 1 amide bonds. The van der Waals surface area contributed by atoms with Gasteiger partial charge in [0.2, 0.25) is 0 Å². The average Bonchev–Trinajstić information content (AvgIpc) is 3.13. The molecule has 0 saturated carbocycles. The molecular formula is C21H23N3O4. The number of anilines is 1. The average molecular weight is 381 g/mol. The van der Waals surface area contributed by atoms with Gasteiger partial charge < -0.3 is 14.5 Å². The zero-order chi connectivity index (χ0) is 20.4. The smallest absolute Gasteiger partial charge is 0.342 e. The largest absolute Gasteiger partial charge is 0.466 e. The van der Waals surface area contributed by atoms with Crippen LogP contribution in [0.2, 0.25) is 0 Å². The van der Waals surface area contributed by atoms with Gasteiger partial charge in [-0.15, -0.1) is 0 Å². The highest BCUT2D eigenvalue weighted by molar-refractivity contribution is 5.96. The van der Waals surface area contributed by atoms with Crippen LogP contribution >= 0.6 is 0 Å². The normalized spacial score (nSPS) is 10.8. The van der Waals surface area contributed by atoms with E-state index in [-0.39, 0.29) is 0 Å². The predicted molar refractivity (Wildman–Crippen MR) is 105 cm³/mol. The Morgan fingerprint density at radius 2 is 1.79 bits per heavy atom. The minimum Gasteiger partial charge on any atom is -0.466 e. The number of hydrogen-bond donors (Lipinski definition) is 1. The highest BCUT2D eigenvalue weighted by Crippen LogP contribution is 2.23. The quantitative estimate of drug-likeness (QED) is 0.679. The van der Waals surface area contributed by atoms with Gasteiger partial charge in [-0.2, -0.15) is 5.10 Å². The molecule has 0 aliphatic carbocycles. The van der Waals surface area contributed by atoms with E-state index in [0.29, 0.717) is 28.5 Å². The molecule has 2 aromatic heterocycles. The highest BCUT2D eigenvalue weighted by atomic mass is 16.5. The van der Waals surface area contributed by atoms with Crippen molar-refractivity contribution in [2.45, 2.75) is 34.6 Å². The summed E-state index contributed by atoms with van der Waals surface area (Å²) in [5.41, 5.74) is 4.47. The number of rotatable bonds is 5. The molecule has 0 aliphatic rings. The van der Waals surface area contributed by atoms with Crippen molar-refractivity contribution in [1.82, 2.24) is 9.78 Å². The van der Waals surface area contributed by atoms with Crippen LogP contribution in [-0.2, 0) is 9.53 Å². The zero-order valence-electron chi connectivity index (χ0n) is 16.6. The third-order valence-corrected chi connectivity index (χ3v) is 4.43. The lowest BCUT2D eigenvalue weighted by Gasteiger charge is -2.08. The van der Waals surface area contributed by atoms with Crippen molar-refractivity contribution in [3.05, 3.63) is 64.4 Å². The lowest BCUT2D eigenvalue weighted by Crippen LogP contribution is -2.21. The summed E-state index contributed by atoms with van der Waals surface area (Å²) in [6, 6.07) is 9.54. The van der Waals surface area contributed by atoms with Crippen molar-refractivity contribution >= 4 is 17.6 Å². The van der Waals surface area contributed by atoms with Gasteiger partial charge in [0, 0.05) is 0 Å². The molecule has 0 spiro atoms. The van der Waals surface area contributed by atoms with Crippen molar-refractivity contribution in [3.63, 3.8) is 0 Å². The summed E-state index contributed by atoms with van der Waals surface area (Å²) in [5.74, 6) is 0.0619. The van der Waals surface area contributed by atoms with Crippen LogP contribution in [0.5, 0.6) is 0 Å². The monoisotopic (exact) mass is 381 g/mol. The maximum atomic E-state index is 12.3. The molecule has 0 bridgehead atoms. The second-order valence-electron chi connectivity index (χ2n) is 6.74. The zero-order valence-corrected chi connectivity index (χ0v) is 16.6. The Balaban J connectivity index is 1.68. The molecule has 146 valence electrons. The highest BCUT2D eigenvalue weighted by Gasteiger charge is 2.19. The van der Waals surface area contributed by atoms with E-state index >= 15 is 0 Å². The second kappa shape index (κ2) is 7.72. The van der Waals surface area contributed by atoms with E-state index < -0.39 is 18.5 Å². The molecule has 28 heavy (non-hydrogen) atoms. The molecule has 0 atom stereocenters. The molecule has 0 unspecified atom stereocenters. The summed E-state index contributed by atoms with van der Waals surface area (Å²) >= 11 is 0. The molecule has 3 rings (SSSR count). The topological polar surface area (TPSA) is 86.4 Å². The number of aromatic nitrogens is 2. The molecule has 0 aliphatic heterocycles. The van der Waals surface area contributed by atoms with Gasteiger partial charge in [0.1, 0.15) is 17.1 Å². The van der Waals surface area contributed by atoms with Gasteiger partial charge >= 0.3 is 5.97 Å². The summed E-state index contributed by atoms with van der Waals surface area (Å²) in [4.78, 5) is 24.4. The van der Waals surface area contributed by atoms with E-state index in [1.165, 1.54) is 0 Å². The van der Waals surface area contributed by atoms with Gasteiger partial charge in [0.25, 0.3) is 5.91 Å². The first-order valence-electron chi connectivity index (χ1n) is 8.93. The van der Waals surface area contributed by atoms with Gasteiger partial charge in [0.15, 0.2) is 6.61 Å². The van der Waals surface area contributed by atoms with Gasteiger partial charge in [-0.25, -0.2) is 9.48 Å². The summed E-state index contributed by atoms with van der Waals surface area (Å²) in [6.45, 7) is 8.74. The minimum atomic E-state index is -0.590. The van der Waals surface area contributed by atoms with Crippen molar-refractivity contribution in [1.29, 1.82) is 0 Å². The summed E-state index contributed by atoms with van der Waals surface area (Å²) in [5, 5.41) is 7.29. The number of carbonyl (C=O) groups excluding carboxylic acids is 2. The first-order chi connectivity index (χ1) is 13.3. The van der Waals surface area contributed by atoms with E-state index in [9.17, 15) is 9.59 Å². The summed E-state index contributed by atoms with van der Waals surface area (Å²) in [6.07, 6.45) is 0. The van der Waals surface area contributed by atoms with Crippen LogP contribution in [0.1, 0.15) is 38.8 Å². The number of ether oxygens (including phenoxy) is 1. The van der Waals surface area contributed by atoms with Crippen LogP contribution in [-0.4, -0.2) is 28.3 Å². The second-order valence-corrected chi connectivity index (χ2v) is 6.74. The third kappa shape index (κ3) is 3.98.